The maximum atomic E-state index is 12.5. The van der Waals surface area contributed by atoms with Gasteiger partial charge in [0.05, 0.1) is 19.3 Å². The number of hydrogen-bond acceptors (Lipinski definition) is 9. The molecule has 0 amide bonds. The van der Waals surface area contributed by atoms with E-state index in [4.69, 9.17) is 23.5 Å². The zero-order valence-corrected chi connectivity index (χ0v) is 26.7. The number of ether oxygens (including phenoxy) is 3. The van der Waals surface area contributed by atoms with E-state index in [0.717, 1.165) is 10.4 Å². The Balaban J connectivity index is 1.31. The Kier molecular flexibility index (Phi) is 8.31. The molecule has 0 unspecified atom stereocenters. The molecule has 0 aliphatic carbocycles. The third kappa shape index (κ3) is 5.54. The first-order valence-electron chi connectivity index (χ1n) is 15.1. The highest BCUT2D eigenvalue weighted by Crippen LogP contribution is 2.44. The fourth-order valence-electron chi connectivity index (χ4n) is 6.81. The van der Waals surface area contributed by atoms with Crippen molar-refractivity contribution in [1.29, 1.82) is 0 Å². The first-order valence-corrected chi connectivity index (χ1v) is 17.0. The summed E-state index contributed by atoms with van der Waals surface area (Å²) >= 11 is 0. The van der Waals surface area contributed by atoms with Crippen LogP contribution in [0.4, 0.5) is 0 Å². The van der Waals surface area contributed by atoms with Gasteiger partial charge >= 0.3 is 5.69 Å². The number of rotatable bonds is 8. The molecule has 6 atom stereocenters. The van der Waals surface area contributed by atoms with Crippen LogP contribution in [0.15, 0.2) is 82.5 Å². The van der Waals surface area contributed by atoms with E-state index in [1.807, 2.05) is 50.2 Å². The molecule has 1 aromatic heterocycles. The molecule has 11 nitrogen and oxygen atoms in total. The summed E-state index contributed by atoms with van der Waals surface area (Å²) in [6.07, 6.45) is -1.32. The molecule has 2 N–H and O–H groups in total. The minimum Gasteiger partial charge on any atom is -0.405 e. The van der Waals surface area contributed by atoms with E-state index in [1.165, 1.54) is 16.8 Å². The number of nitrogens with zero attached hydrogens (tertiary/aromatic N) is 2. The number of aromatic amines is 1. The van der Waals surface area contributed by atoms with Crippen LogP contribution in [0.25, 0.3) is 0 Å². The highest BCUT2D eigenvalue weighted by atomic mass is 28.4. The van der Waals surface area contributed by atoms with E-state index in [0.29, 0.717) is 6.42 Å². The Labute approximate surface area is 257 Å². The fraction of sp³-hybridized carbons (Fsp3) is 0.500. The molecular weight excluding hydrogens is 582 g/mol. The maximum Gasteiger partial charge on any atom is 0.330 e. The van der Waals surface area contributed by atoms with Gasteiger partial charge in [-0.1, -0.05) is 81.4 Å². The summed E-state index contributed by atoms with van der Waals surface area (Å²) in [6, 6.07) is 21.6. The van der Waals surface area contributed by atoms with Crippen LogP contribution in [0.5, 0.6) is 0 Å². The molecule has 3 saturated heterocycles. The number of H-pyrrole nitrogens is 1. The lowest BCUT2D eigenvalue weighted by Gasteiger charge is -2.43. The largest absolute Gasteiger partial charge is 0.405 e. The molecule has 3 aromatic rings. The van der Waals surface area contributed by atoms with Crippen LogP contribution in [0, 0.1) is 0 Å². The molecule has 12 heteroatoms. The highest BCUT2D eigenvalue weighted by molar-refractivity contribution is 6.99. The summed E-state index contributed by atoms with van der Waals surface area (Å²) in [6.45, 7) is 10.4. The smallest absolute Gasteiger partial charge is 0.330 e. The first-order chi connectivity index (χ1) is 20.9. The third-order valence-electron chi connectivity index (χ3n) is 8.71. The van der Waals surface area contributed by atoms with Crippen LogP contribution in [0.3, 0.4) is 0 Å². The number of aliphatic hydroxyl groups is 1. The van der Waals surface area contributed by atoms with E-state index in [2.05, 4.69) is 50.0 Å². The number of nitrogens with one attached hydrogen (secondary N) is 1. The number of benzene rings is 2. The predicted molar refractivity (Wildman–Crippen MR) is 165 cm³/mol. The molecule has 44 heavy (non-hydrogen) atoms. The molecule has 0 radical (unpaired) electrons. The summed E-state index contributed by atoms with van der Waals surface area (Å²) < 4.78 is 27.9. The van der Waals surface area contributed by atoms with Crippen LogP contribution >= 0.6 is 0 Å². The van der Waals surface area contributed by atoms with Crippen LogP contribution in [-0.4, -0.2) is 77.6 Å². The molecule has 3 fully saturated rings. The van der Waals surface area contributed by atoms with E-state index in [9.17, 15) is 14.7 Å². The lowest BCUT2D eigenvalue weighted by Crippen LogP contribution is -2.67. The van der Waals surface area contributed by atoms with Crippen molar-refractivity contribution in [2.45, 2.75) is 88.7 Å². The first kappa shape index (κ1) is 31.1. The van der Waals surface area contributed by atoms with Crippen LogP contribution in [-0.2, 0) is 23.5 Å². The van der Waals surface area contributed by atoms with Gasteiger partial charge in [0.25, 0.3) is 13.9 Å². The molecule has 2 aromatic carbocycles. The van der Waals surface area contributed by atoms with Crippen molar-refractivity contribution in [3.05, 3.63) is 93.8 Å². The van der Waals surface area contributed by atoms with Gasteiger partial charge in [0, 0.05) is 18.7 Å². The predicted octanol–water partition coefficient (Wildman–Crippen LogP) is 1.85. The van der Waals surface area contributed by atoms with Gasteiger partial charge in [-0.3, -0.25) is 19.2 Å². The number of hydrogen-bond donors (Lipinski definition) is 2. The minimum atomic E-state index is -2.86. The van der Waals surface area contributed by atoms with E-state index >= 15 is 0 Å². The van der Waals surface area contributed by atoms with Crippen LogP contribution < -0.4 is 21.6 Å². The zero-order valence-electron chi connectivity index (χ0n) is 25.7. The summed E-state index contributed by atoms with van der Waals surface area (Å²) in [4.78, 5) is 32.7. The van der Waals surface area contributed by atoms with Crippen molar-refractivity contribution in [3.63, 3.8) is 0 Å². The molecule has 236 valence electrons. The van der Waals surface area contributed by atoms with E-state index < -0.39 is 62.2 Å². The number of aromatic nitrogens is 2. The van der Waals surface area contributed by atoms with Gasteiger partial charge in [0.15, 0.2) is 18.2 Å². The van der Waals surface area contributed by atoms with Gasteiger partial charge in [0.1, 0.15) is 18.3 Å². The van der Waals surface area contributed by atoms with Crippen molar-refractivity contribution in [3.8, 4) is 0 Å². The minimum absolute atomic E-state index is 0.226. The Morgan fingerprint density at radius 2 is 1.59 bits per heavy atom. The lowest BCUT2D eigenvalue weighted by molar-refractivity contribution is -0.296. The van der Waals surface area contributed by atoms with Gasteiger partial charge in [-0.15, -0.1) is 5.06 Å². The summed E-state index contributed by atoms with van der Waals surface area (Å²) in [7, 11) is -2.86. The molecule has 6 rings (SSSR count). The Hall–Kier alpha value is -2.94. The second-order valence-corrected chi connectivity index (χ2v) is 17.4. The molecule has 0 saturated carbocycles. The zero-order chi connectivity index (χ0) is 31.3. The lowest BCUT2D eigenvalue weighted by atomic mass is 10.1. The summed E-state index contributed by atoms with van der Waals surface area (Å²) in [5, 5.41) is 14.0. The van der Waals surface area contributed by atoms with Crippen LogP contribution in [0.2, 0.25) is 5.04 Å². The molecule has 3 aliphatic rings. The van der Waals surface area contributed by atoms with Crippen molar-refractivity contribution < 1.29 is 28.6 Å². The van der Waals surface area contributed by atoms with Gasteiger partial charge in [-0.2, -0.15) is 0 Å². The topological polar surface area (TPSA) is 124 Å². The van der Waals surface area contributed by atoms with E-state index in [1.54, 1.807) is 5.06 Å². The molecule has 0 spiro atoms. The standard InChI is InChI=1S/C32H41N3O8Si/c1-31(2,3)44(22-12-8-6-9-13-22,23-14-10-7-11-15-23)39-20-24-27-28(42-32(4,5)41-27)29(40-24)35-21(19-36)18-26(43-35)34-17-16-25(37)33-30(34)38/h6-17,21,24,26-29,36H,18-20H2,1-5H3,(H,33,37,38)/t21-,24-,26-,27-,28-,29-/m1/s1. The highest BCUT2D eigenvalue weighted by Gasteiger charge is 2.60. The van der Waals surface area contributed by atoms with Gasteiger partial charge in [-0.25, -0.2) is 4.79 Å². The second kappa shape index (κ2) is 11.8. The van der Waals surface area contributed by atoms with Gasteiger partial charge in [-0.05, 0) is 29.3 Å². The summed E-state index contributed by atoms with van der Waals surface area (Å²) in [5.74, 6) is -0.878. The van der Waals surface area contributed by atoms with Gasteiger partial charge in [0.2, 0.25) is 0 Å². The summed E-state index contributed by atoms with van der Waals surface area (Å²) in [5.41, 5.74) is -1.09. The fourth-order valence-corrected chi connectivity index (χ4v) is 11.4. The van der Waals surface area contributed by atoms with Crippen molar-refractivity contribution >= 4 is 18.7 Å². The van der Waals surface area contributed by atoms with Crippen molar-refractivity contribution in [2.24, 2.45) is 0 Å². The molecule has 3 aliphatic heterocycles. The molecule has 0 bridgehead atoms. The Morgan fingerprint density at radius 1 is 0.977 bits per heavy atom. The maximum absolute atomic E-state index is 12.5. The SMILES string of the molecule is CC1(C)O[C@@H]2[C@H](O1)[C@@H](CO[Si](c1ccccc1)(c1ccccc1)C(C)(C)C)O[C@H]2N1O[C@@H](n2ccc(=O)[nH]c2=O)C[C@@H]1CO. The monoisotopic (exact) mass is 623 g/mol. The normalized spacial score (nSPS) is 28.8. The molecule has 4 heterocycles. The van der Waals surface area contributed by atoms with Crippen molar-refractivity contribution in [1.82, 2.24) is 14.6 Å². The third-order valence-corrected chi connectivity index (χ3v) is 13.7. The molecular formula is C32H41N3O8Si. The van der Waals surface area contributed by atoms with E-state index in [-0.39, 0.29) is 18.3 Å². The van der Waals surface area contributed by atoms with Crippen molar-refractivity contribution in [2.75, 3.05) is 13.2 Å². The van der Waals surface area contributed by atoms with Gasteiger partial charge < -0.3 is 23.7 Å². The number of hydroxylamine groups is 2. The quantitative estimate of drug-likeness (QED) is 0.362. The number of fused-ring (bicyclic) bond motifs is 1. The average Bonchev–Trinajstić information content (AvgIpc) is 3.64. The number of aliphatic hydroxyl groups excluding tert-OH is 1. The second-order valence-electron chi connectivity index (χ2n) is 13.1. The average molecular weight is 624 g/mol. The Bertz CT molecular complexity index is 1520. The van der Waals surface area contributed by atoms with Crippen LogP contribution in [0.1, 0.15) is 47.3 Å². The Morgan fingerprint density at radius 3 is 2.16 bits per heavy atom.